The zero-order valence-corrected chi connectivity index (χ0v) is 11.4. The number of hydrogen-bond donors (Lipinski definition) is 1. The number of nitrogens with zero attached hydrogens (tertiary/aromatic N) is 2. The SMILES string of the molecule is CC[C@]1(C)NC(=O)N(/N=C\c2ccc(C)s2)C1=O. The molecule has 3 amide bonds. The fourth-order valence-electron chi connectivity index (χ4n) is 1.65. The monoisotopic (exact) mass is 265 g/mol. The van der Waals surface area contributed by atoms with Crippen LogP contribution in [0.4, 0.5) is 4.79 Å². The van der Waals surface area contributed by atoms with Gasteiger partial charge in [-0.3, -0.25) is 4.79 Å². The molecular weight excluding hydrogens is 250 g/mol. The maximum Gasteiger partial charge on any atom is 0.346 e. The second kappa shape index (κ2) is 4.53. The Kier molecular flexibility index (Phi) is 3.21. The van der Waals surface area contributed by atoms with Crippen LogP contribution in [0.25, 0.3) is 0 Å². The van der Waals surface area contributed by atoms with Gasteiger partial charge in [0, 0.05) is 9.75 Å². The van der Waals surface area contributed by atoms with Crippen LogP contribution in [0.15, 0.2) is 17.2 Å². The molecule has 1 atom stereocenters. The van der Waals surface area contributed by atoms with Gasteiger partial charge in [0.2, 0.25) is 0 Å². The average molecular weight is 265 g/mol. The number of hydrazone groups is 1. The van der Waals surface area contributed by atoms with Gasteiger partial charge in [-0.05, 0) is 32.4 Å². The molecule has 2 heterocycles. The topological polar surface area (TPSA) is 61.8 Å². The summed E-state index contributed by atoms with van der Waals surface area (Å²) >= 11 is 1.56. The average Bonchev–Trinajstić information content (AvgIpc) is 2.82. The summed E-state index contributed by atoms with van der Waals surface area (Å²) in [6, 6.07) is 3.41. The molecule has 5 nitrogen and oxygen atoms in total. The van der Waals surface area contributed by atoms with Gasteiger partial charge in [-0.2, -0.15) is 5.10 Å². The van der Waals surface area contributed by atoms with Crippen molar-refractivity contribution in [1.29, 1.82) is 0 Å². The molecule has 1 aliphatic heterocycles. The van der Waals surface area contributed by atoms with Gasteiger partial charge < -0.3 is 5.32 Å². The minimum atomic E-state index is -0.834. The summed E-state index contributed by atoms with van der Waals surface area (Å²) in [7, 11) is 0. The Balaban J connectivity index is 2.17. The van der Waals surface area contributed by atoms with Crippen LogP contribution >= 0.6 is 11.3 Å². The van der Waals surface area contributed by atoms with E-state index in [-0.39, 0.29) is 5.91 Å². The van der Waals surface area contributed by atoms with E-state index in [0.29, 0.717) is 6.42 Å². The lowest BCUT2D eigenvalue weighted by Crippen LogP contribution is -2.42. The maximum absolute atomic E-state index is 12.0. The lowest BCUT2D eigenvalue weighted by Gasteiger charge is -2.17. The Bertz CT molecular complexity index is 523. The molecule has 0 aromatic carbocycles. The quantitative estimate of drug-likeness (QED) is 0.672. The van der Waals surface area contributed by atoms with Crippen LogP contribution in [0.1, 0.15) is 30.0 Å². The Morgan fingerprint density at radius 3 is 2.72 bits per heavy atom. The van der Waals surface area contributed by atoms with Gasteiger partial charge in [-0.1, -0.05) is 6.92 Å². The number of rotatable bonds is 3. The highest BCUT2D eigenvalue weighted by Crippen LogP contribution is 2.21. The predicted molar refractivity (Wildman–Crippen MR) is 70.7 cm³/mol. The smallest absolute Gasteiger partial charge is 0.322 e. The lowest BCUT2D eigenvalue weighted by molar-refractivity contribution is -0.130. The van der Waals surface area contributed by atoms with Gasteiger partial charge in [0.05, 0.1) is 6.21 Å². The van der Waals surface area contributed by atoms with Crippen molar-refractivity contribution >= 4 is 29.5 Å². The highest BCUT2D eigenvalue weighted by molar-refractivity contribution is 7.13. The molecule has 6 heteroatoms. The second-order valence-corrected chi connectivity index (χ2v) is 5.75. The molecule has 1 N–H and O–H groups in total. The first-order valence-electron chi connectivity index (χ1n) is 5.73. The van der Waals surface area contributed by atoms with E-state index in [0.717, 1.165) is 14.8 Å². The third-order valence-electron chi connectivity index (χ3n) is 3.01. The van der Waals surface area contributed by atoms with Crippen molar-refractivity contribution in [3.63, 3.8) is 0 Å². The van der Waals surface area contributed by atoms with E-state index in [1.165, 1.54) is 6.21 Å². The zero-order valence-electron chi connectivity index (χ0n) is 10.6. The number of amides is 3. The molecule has 1 fully saturated rings. The van der Waals surface area contributed by atoms with Crippen LogP contribution < -0.4 is 5.32 Å². The molecule has 0 unspecified atom stereocenters. The van der Waals surface area contributed by atoms with Crippen molar-refractivity contribution in [2.45, 2.75) is 32.7 Å². The van der Waals surface area contributed by atoms with Crippen molar-refractivity contribution in [3.8, 4) is 0 Å². The van der Waals surface area contributed by atoms with Crippen molar-refractivity contribution in [3.05, 3.63) is 21.9 Å². The van der Waals surface area contributed by atoms with Crippen LogP contribution in [0, 0.1) is 6.92 Å². The predicted octanol–water partition coefficient (Wildman–Crippen LogP) is 2.11. The van der Waals surface area contributed by atoms with Gasteiger partial charge in [0.15, 0.2) is 0 Å². The Labute approximate surface area is 109 Å². The van der Waals surface area contributed by atoms with Gasteiger partial charge >= 0.3 is 6.03 Å². The van der Waals surface area contributed by atoms with Gasteiger partial charge in [-0.15, -0.1) is 16.3 Å². The first kappa shape index (κ1) is 12.8. The molecule has 1 aromatic rings. The summed E-state index contributed by atoms with van der Waals surface area (Å²) in [5, 5.41) is 7.52. The minimum absolute atomic E-state index is 0.306. The van der Waals surface area contributed by atoms with Crippen LogP contribution in [0.3, 0.4) is 0 Å². The van der Waals surface area contributed by atoms with Crippen molar-refractivity contribution in [2.75, 3.05) is 0 Å². The van der Waals surface area contributed by atoms with Crippen LogP contribution in [0.2, 0.25) is 0 Å². The van der Waals surface area contributed by atoms with Gasteiger partial charge in [0.25, 0.3) is 5.91 Å². The maximum atomic E-state index is 12.0. The minimum Gasteiger partial charge on any atom is -0.322 e. The molecule has 18 heavy (non-hydrogen) atoms. The summed E-state index contributed by atoms with van der Waals surface area (Å²) in [5.74, 6) is -0.306. The Morgan fingerprint density at radius 1 is 1.50 bits per heavy atom. The van der Waals surface area contributed by atoms with E-state index in [2.05, 4.69) is 10.4 Å². The van der Waals surface area contributed by atoms with E-state index >= 15 is 0 Å². The number of nitrogens with one attached hydrogen (secondary N) is 1. The second-order valence-electron chi connectivity index (χ2n) is 4.43. The van der Waals surface area contributed by atoms with E-state index < -0.39 is 11.6 Å². The number of aryl methyl sites for hydroxylation is 1. The number of thiophene rings is 1. The molecule has 2 rings (SSSR count). The van der Waals surface area contributed by atoms with E-state index in [1.54, 1.807) is 18.3 Å². The highest BCUT2D eigenvalue weighted by atomic mass is 32.1. The van der Waals surface area contributed by atoms with Crippen LogP contribution in [-0.4, -0.2) is 28.7 Å². The molecular formula is C12H15N3O2S. The summed E-state index contributed by atoms with van der Waals surface area (Å²) < 4.78 is 0. The third kappa shape index (κ3) is 2.15. The number of hydrogen-bond acceptors (Lipinski definition) is 4. The molecule has 0 spiro atoms. The molecule has 0 saturated carbocycles. The number of carbonyl (C=O) groups excluding carboxylic acids is 2. The molecule has 96 valence electrons. The number of imide groups is 1. The van der Waals surface area contributed by atoms with E-state index in [1.807, 2.05) is 26.0 Å². The first-order chi connectivity index (χ1) is 8.46. The largest absolute Gasteiger partial charge is 0.346 e. The van der Waals surface area contributed by atoms with Crippen LogP contribution in [0.5, 0.6) is 0 Å². The summed E-state index contributed by atoms with van der Waals surface area (Å²) in [5.41, 5.74) is -0.834. The number of urea groups is 1. The van der Waals surface area contributed by atoms with E-state index in [9.17, 15) is 9.59 Å². The Hall–Kier alpha value is -1.69. The third-order valence-corrected chi connectivity index (χ3v) is 3.94. The standard InChI is InChI=1S/C12H15N3O2S/c1-4-12(3)10(16)15(11(17)14-12)13-7-9-6-5-8(2)18-9/h5-7H,4H2,1-3H3,(H,14,17)/b13-7-/t12-/m0/s1. The molecule has 0 bridgehead atoms. The Morgan fingerprint density at radius 2 is 2.22 bits per heavy atom. The molecule has 0 aliphatic carbocycles. The molecule has 1 saturated heterocycles. The zero-order chi connectivity index (χ0) is 13.3. The fraction of sp³-hybridized carbons (Fsp3) is 0.417. The van der Waals surface area contributed by atoms with Crippen molar-refractivity contribution in [2.24, 2.45) is 5.10 Å². The van der Waals surface area contributed by atoms with Crippen molar-refractivity contribution in [1.82, 2.24) is 10.3 Å². The summed E-state index contributed by atoms with van der Waals surface area (Å²) in [6.45, 7) is 5.55. The molecule has 1 aromatic heterocycles. The molecule has 1 aliphatic rings. The first-order valence-corrected chi connectivity index (χ1v) is 6.55. The van der Waals surface area contributed by atoms with Crippen molar-refractivity contribution < 1.29 is 9.59 Å². The summed E-state index contributed by atoms with van der Waals surface area (Å²) in [6.07, 6.45) is 2.08. The number of carbonyl (C=O) groups is 2. The molecule has 0 radical (unpaired) electrons. The fourth-order valence-corrected chi connectivity index (χ4v) is 2.39. The van der Waals surface area contributed by atoms with Gasteiger partial charge in [0.1, 0.15) is 5.54 Å². The lowest BCUT2D eigenvalue weighted by atomic mass is 10.00. The highest BCUT2D eigenvalue weighted by Gasteiger charge is 2.46. The summed E-state index contributed by atoms with van der Waals surface area (Å²) in [4.78, 5) is 25.8. The van der Waals surface area contributed by atoms with Gasteiger partial charge in [-0.25, -0.2) is 4.79 Å². The normalized spacial score (nSPS) is 24.1. The van der Waals surface area contributed by atoms with Crippen LogP contribution in [-0.2, 0) is 4.79 Å². The van der Waals surface area contributed by atoms with E-state index in [4.69, 9.17) is 0 Å².